The van der Waals surface area contributed by atoms with E-state index in [4.69, 9.17) is 0 Å². The highest BCUT2D eigenvalue weighted by molar-refractivity contribution is 5.85. The van der Waals surface area contributed by atoms with Crippen molar-refractivity contribution in [2.24, 2.45) is 5.41 Å². The lowest BCUT2D eigenvalue weighted by atomic mass is 9.79. The van der Waals surface area contributed by atoms with E-state index in [1.54, 1.807) is 0 Å². The predicted molar refractivity (Wildman–Crippen MR) is 69.1 cm³/mol. The van der Waals surface area contributed by atoms with Gasteiger partial charge in [0.25, 0.3) is 0 Å². The number of aliphatic hydroxyl groups excluding tert-OH is 1. The summed E-state index contributed by atoms with van der Waals surface area (Å²) in [6.45, 7) is 2.86. The Balaban J connectivity index is 1.66. The summed E-state index contributed by atoms with van der Waals surface area (Å²) in [6, 6.07) is 0.391. The molecule has 4 heteroatoms. The molecule has 1 spiro atoms. The first-order chi connectivity index (χ1) is 8.71. The number of likely N-dealkylation sites (tertiary alicyclic amines) is 1. The Labute approximate surface area is 109 Å². The number of hydrogen-bond donors (Lipinski definition) is 2. The van der Waals surface area contributed by atoms with Crippen molar-refractivity contribution in [2.45, 2.75) is 57.1 Å². The molecule has 0 aromatic rings. The molecule has 0 unspecified atom stereocenters. The van der Waals surface area contributed by atoms with E-state index in [9.17, 15) is 9.90 Å². The number of hydrogen-bond acceptors (Lipinski definition) is 3. The summed E-state index contributed by atoms with van der Waals surface area (Å²) in [5.74, 6) is 0.385. The third-order valence-electron chi connectivity index (χ3n) is 5.13. The van der Waals surface area contributed by atoms with Crippen LogP contribution in [0.15, 0.2) is 0 Å². The predicted octanol–water partition coefficient (Wildman–Crippen LogP) is 0.892. The molecule has 18 heavy (non-hydrogen) atoms. The van der Waals surface area contributed by atoms with E-state index in [2.05, 4.69) is 10.2 Å². The second-order valence-corrected chi connectivity index (χ2v) is 6.27. The number of aliphatic hydroxyl groups is 1. The molecule has 2 aliphatic heterocycles. The molecule has 2 saturated heterocycles. The lowest BCUT2D eigenvalue weighted by Crippen LogP contribution is -2.48. The standard InChI is InChI=1S/C14H24N2O2/c17-12-4-2-11(3-5-12)16-9-7-14(13(16)18)6-1-8-15-10-14/h11-12,15,17H,1-10H2/t11-,12+,14-/m1/s1. The van der Waals surface area contributed by atoms with Gasteiger partial charge in [0.15, 0.2) is 0 Å². The highest BCUT2D eigenvalue weighted by Gasteiger charge is 2.48. The van der Waals surface area contributed by atoms with Gasteiger partial charge in [-0.2, -0.15) is 0 Å². The summed E-state index contributed by atoms with van der Waals surface area (Å²) in [7, 11) is 0. The van der Waals surface area contributed by atoms with Gasteiger partial charge in [0, 0.05) is 19.1 Å². The largest absolute Gasteiger partial charge is 0.393 e. The van der Waals surface area contributed by atoms with Crippen molar-refractivity contribution < 1.29 is 9.90 Å². The van der Waals surface area contributed by atoms with Crippen LogP contribution in [0.4, 0.5) is 0 Å². The van der Waals surface area contributed by atoms with Crippen molar-refractivity contribution in [2.75, 3.05) is 19.6 Å². The van der Waals surface area contributed by atoms with Gasteiger partial charge in [0.2, 0.25) is 5.91 Å². The molecule has 1 amide bonds. The SMILES string of the molecule is O=C1N([C@H]2CC[C@@H](O)CC2)CC[C@@]12CCCNC2. The second-order valence-electron chi connectivity index (χ2n) is 6.27. The van der Waals surface area contributed by atoms with Crippen molar-refractivity contribution in [3.8, 4) is 0 Å². The molecule has 3 aliphatic rings. The Hall–Kier alpha value is -0.610. The van der Waals surface area contributed by atoms with Crippen LogP contribution in [0, 0.1) is 5.41 Å². The third kappa shape index (κ3) is 2.05. The molecule has 3 rings (SSSR count). The Morgan fingerprint density at radius 1 is 1.22 bits per heavy atom. The molecule has 0 radical (unpaired) electrons. The van der Waals surface area contributed by atoms with Crippen LogP contribution < -0.4 is 5.32 Å². The average Bonchev–Trinajstić information content (AvgIpc) is 2.70. The number of rotatable bonds is 1. The second kappa shape index (κ2) is 4.82. The molecule has 1 saturated carbocycles. The van der Waals surface area contributed by atoms with Gasteiger partial charge in [-0.3, -0.25) is 4.79 Å². The quantitative estimate of drug-likeness (QED) is 0.729. The summed E-state index contributed by atoms with van der Waals surface area (Å²) in [5, 5.41) is 13.0. The average molecular weight is 252 g/mol. The molecule has 2 heterocycles. The van der Waals surface area contributed by atoms with Crippen LogP contribution in [0.3, 0.4) is 0 Å². The lowest BCUT2D eigenvalue weighted by molar-refractivity contribution is -0.139. The minimum absolute atomic E-state index is 0.0890. The van der Waals surface area contributed by atoms with Crippen LogP contribution in [0.5, 0.6) is 0 Å². The van der Waals surface area contributed by atoms with Crippen molar-refractivity contribution in [3.63, 3.8) is 0 Å². The van der Waals surface area contributed by atoms with E-state index in [0.717, 1.165) is 64.6 Å². The fraction of sp³-hybridized carbons (Fsp3) is 0.929. The number of nitrogens with one attached hydrogen (secondary N) is 1. The first kappa shape index (κ1) is 12.4. The summed E-state index contributed by atoms with van der Waals surface area (Å²) in [5.41, 5.74) is -0.0890. The summed E-state index contributed by atoms with van der Waals surface area (Å²) in [6.07, 6.45) is 6.77. The molecule has 3 fully saturated rings. The van der Waals surface area contributed by atoms with Crippen molar-refractivity contribution >= 4 is 5.91 Å². The van der Waals surface area contributed by atoms with Crippen LogP contribution in [-0.2, 0) is 4.79 Å². The summed E-state index contributed by atoms with van der Waals surface area (Å²) >= 11 is 0. The number of amides is 1. The summed E-state index contributed by atoms with van der Waals surface area (Å²) < 4.78 is 0. The Bertz CT molecular complexity index is 318. The monoisotopic (exact) mass is 252 g/mol. The number of carbonyl (C=O) groups is 1. The first-order valence-corrected chi connectivity index (χ1v) is 7.41. The zero-order valence-electron chi connectivity index (χ0n) is 11.0. The Morgan fingerprint density at radius 3 is 2.67 bits per heavy atom. The van der Waals surface area contributed by atoms with Crippen LogP contribution in [0.2, 0.25) is 0 Å². The maximum atomic E-state index is 12.7. The van der Waals surface area contributed by atoms with Crippen LogP contribution in [-0.4, -0.2) is 47.7 Å². The maximum Gasteiger partial charge on any atom is 0.230 e. The maximum absolute atomic E-state index is 12.7. The van der Waals surface area contributed by atoms with Gasteiger partial charge in [0.05, 0.1) is 11.5 Å². The molecular formula is C14H24N2O2. The highest BCUT2D eigenvalue weighted by Crippen LogP contribution is 2.40. The molecule has 1 atom stereocenters. The molecule has 4 nitrogen and oxygen atoms in total. The minimum atomic E-state index is -0.135. The van der Waals surface area contributed by atoms with E-state index in [1.807, 2.05) is 0 Å². The van der Waals surface area contributed by atoms with Gasteiger partial charge in [-0.15, -0.1) is 0 Å². The van der Waals surface area contributed by atoms with Gasteiger partial charge in [-0.1, -0.05) is 0 Å². The number of piperidine rings is 1. The number of nitrogens with zero attached hydrogens (tertiary/aromatic N) is 1. The number of carbonyl (C=O) groups excluding carboxylic acids is 1. The fourth-order valence-corrected chi connectivity index (χ4v) is 3.93. The molecule has 0 aromatic carbocycles. The van der Waals surface area contributed by atoms with E-state index >= 15 is 0 Å². The molecular weight excluding hydrogens is 228 g/mol. The molecule has 1 aliphatic carbocycles. The smallest absolute Gasteiger partial charge is 0.230 e. The normalized spacial score (nSPS) is 41.6. The van der Waals surface area contributed by atoms with Gasteiger partial charge in [-0.25, -0.2) is 0 Å². The zero-order chi connectivity index (χ0) is 12.6. The van der Waals surface area contributed by atoms with E-state index in [-0.39, 0.29) is 11.5 Å². The van der Waals surface area contributed by atoms with Crippen LogP contribution in [0.1, 0.15) is 44.9 Å². The van der Waals surface area contributed by atoms with Gasteiger partial charge in [0.1, 0.15) is 0 Å². The van der Waals surface area contributed by atoms with Gasteiger partial charge in [-0.05, 0) is 51.5 Å². The Kier molecular flexibility index (Phi) is 3.32. The van der Waals surface area contributed by atoms with E-state index < -0.39 is 0 Å². The van der Waals surface area contributed by atoms with E-state index in [1.165, 1.54) is 0 Å². The van der Waals surface area contributed by atoms with Crippen LogP contribution in [0.25, 0.3) is 0 Å². The third-order valence-corrected chi connectivity index (χ3v) is 5.13. The van der Waals surface area contributed by atoms with Crippen molar-refractivity contribution in [1.82, 2.24) is 10.2 Å². The Morgan fingerprint density at radius 2 is 2.00 bits per heavy atom. The first-order valence-electron chi connectivity index (χ1n) is 7.41. The van der Waals surface area contributed by atoms with Gasteiger partial charge >= 0.3 is 0 Å². The molecule has 0 aromatic heterocycles. The van der Waals surface area contributed by atoms with Crippen molar-refractivity contribution in [3.05, 3.63) is 0 Å². The summed E-state index contributed by atoms with van der Waals surface area (Å²) in [4.78, 5) is 14.8. The van der Waals surface area contributed by atoms with Crippen molar-refractivity contribution in [1.29, 1.82) is 0 Å². The highest BCUT2D eigenvalue weighted by atomic mass is 16.3. The minimum Gasteiger partial charge on any atom is -0.393 e. The van der Waals surface area contributed by atoms with E-state index in [0.29, 0.717) is 11.9 Å². The zero-order valence-corrected chi connectivity index (χ0v) is 11.0. The molecule has 102 valence electrons. The molecule has 2 N–H and O–H groups in total. The van der Waals surface area contributed by atoms with Gasteiger partial charge < -0.3 is 15.3 Å². The fourth-order valence-electron chi connectivity index (χ4n) is 3.93. The molecule has 0 bridgehead atoms. The lowest BCUT2D eigenvalue weighted by Gasteiger charge is -2.36. The topological polar surface area (TPSA) is 52.6 Å². The van der Waals surface area contributed by atoms with Crippen LogP contribution >= 0.6 is 0 Å².